The first-order valence-electron chi connectivity index (χ1n) is 5.25. The summed E-state index contributed by atoms with van der Waals surface area (Å²) in [6.45, 7) is 0. The molecule has 100 valence electrons. The van der Waals surface area contributed by atoms with E-state index in [0.717, 1.165) is 12.1 Å². The predicted octanol–water partition coefficient (Wildman–Crippen LogP) is 2.94. The van der Waals surface area contributed by atoms with E-state index in [1.165, 1.54) is 6.08 Å². The van der Waals surface area contributed by atoms with Crippen LogP contribution in [0.3, 0.4) is 0 Å². The lowest BCUT2D eigenvalue weighted by Gasteiger charge is -2.12. The average Bonchev–Trinajstić information content (AvgIpc) is 3.08. The van der Waals surface area contributed by atoms with E-state index in [1.54, 1.807) is 0 Å². The Hall–Kier alpha value is -2.21. The topological polar surface area (TPSA) is 72.6 Å². The minimum absolute atomic E-state index is 0.0221. The lowest BCUT2D eigenvalue weighted by Crippen LogP contribution is -2.10. The van der Waals surface area contributed by atoms with Crippen LogP contribution in [-0.4, -0.2) is 11.0 Å². The zero-order valence-corrected chi connectivity index (χ0v) is 9.40. The highest BCUT2D eigenvalue weighted by atomic mass is 19.4. The molecule has 1 aliphatic carbocycles. The summed E-state index contributed by atoms with van der Waals surface area (Å²) in [5.41, 5.74) is -2.83. The third-order valence-electron chi connectivity index (χ3n) is 3.01. The number of nitro groups is 1. The normalized spacial score (nSPS) is 16.6. The van der Waals surface area contributed by atoms with Gasteiger partial charge in [0.25, 0.3) is 5.69 Å². The number of halogens is 3. The maximum atomic E-state index is 12.5. The zero-order chi connectivity index (χ0) is 14.3. The molecule has 1 aromatic rings. The number of nitrogens with zero attached hydrogens (tertiary/aromatic N) is 2. The Bertz CT molecular complexity index is 587. The van der Waals surface area contributed by atoms with Gasteiger partial charge in [-0.2, -0.15) is 18.2 Å². The second kappa shape index (κ2) is 4.17. The molecule has 19 heavy (non-hydrogen) atoms. The molecule has 8 heteroatoms. The molecule has 1 aromatic carbocycles. The zero-order valence-electron chi connectivity index (χ0n) is 9.40. The van der Waals surface area contributed by atoms with Gasteiger partial charge in [0.1, 0.15) is 5.54 Å². The highest BCUT2D eigenvalue weighted by Gasteiger charge is 2.49. The number of benzene rings is 1. The minimum Gasteiger partial charge on any atom is -0.258 e. The molecular formula is C11H7F3N2O3. The summed E-state index contributed by atoms with van der Waals surface area (Å²) in [6.07, 6.45) is -2.58. The molecule has 0 unspecified atom stereocenters. The number of carbonyl (C=O) groups excluding carboxylic acids is 1. The van der Waals surface area contributed by atoms with Gasteiger partial charge >= 0.3 is 6.18 Å². The van der Waals surface area contributed by atoms with Crippen LogP contribution in [0.4, 0.5) is 18.9 Å². The summed E-state index contributed by atoms with van der Waals surface area (Å²) in [7, 11) is 0. The van der Waals surface area contributed by atoms with E-state index in [0.29, 0.717) is 18.9 Å². The number of rotatable bonds is 3. The van der Waals surface area contributed by atoms with Crippen LogP contribution in [0.5, 0.6) is 0 Å². The number of alkyl halides is 3. The van der Waals surface area contributed by atoms with Gasteiger partial charge in [0.05, 0.1) is 16.1 Å². The molecule has 0 spiro atoms. The van der Waals surface area contributed by atoms with E-state index < -0.39 is 27.9 Å². The van der Waals surface area contributed by atoms with Crippen LogP contribution in [-0.2, 0) is 16.5 Å². The molecule has 0 radical (unpaired) electrons. The number of hydrogen-bond acceptors (Lipinski definition) is 4. The van der Waals surface area contributed by atoms with E-state index in [1.807, 2.05) is 0 Å². The largest absolute Gasteiger partial charge is 0.416 e. The van der Waals surface area contributed by atoms with Gasteiger partial charge in [0, 0.05) is 6.07 Å². The fourth-order valence-electron chi connectivity index (χ4n) is 1.90. The van der Waals surface area contributed by atoms with Crippen LogP contribution in [0.25, 0.3) is 0 Å². The molecule has 0 amide bonds. The maximum absolute atomic E-state index is 12.5. The van der Waals surface area contributed by atoms with Gasteiger partial charge in [0.15, 0.2) is 0 Å². The van der Waals surface area contributed by atoms with Crippen LogP contribution < -0.4 is 0 Å². The van der Waals surface area contributed by atoms with E-state index in [-0.39, 0.29) is 5.56 Å². The Morgan fingerprint density at radius 1 is 1.37 bits per heavy atom. The molecule has 0 bridgehead atoms. The standard InChI is InChI=1S/C11H7F3N2O3/c12-11(13,14)7-1-2-8(9(5-7)16(18)19)10(3-4-10)15-6-17/h1-2,5H,3-4H2. The van der Waals surface area contributed by atoms with Crippen LogP contribution in [0, 0.1) is 10.1 Å². The van der Waals surface area contributed by atoms with Gasteiger partial charge in [-0.25, -0.2) is 4.79 Å². The van der Waals surface area contributed by atoms with E-state index >= 15 is 0 Å². The molecule has 0 saturated heterocycles. The van der Waals surface area contributed by atoms with Gasteiger partial charge in [-0.05, 0) is 25.0 Å². The van der Waals surface area contributed by atoms with Gasteiger partial charge in [-0.1, -0.05) is 0 Å². The fraction of sp³-hybridized carbons (Fsp3) is 0.364. The molecule has 1 fully saturated rings. The SMILES string of the molecule is O=C=NC1(c2ccc(C(F)(F)F)cc2[N+](=O)[O-])CC1. The lowest BCUT2D eigenvalue weighted by molar-refractivity contribution is -0.386. The van der Waals surface area contributed by atoms with Crippen molar-refractivity contribution in [1.29, 1.82) is 0 Å². The summed E-state index contributed by atoms with van der Waals surface area (Å²) < 4.78 is 37.5. The predicted molar refractivity (Wildman–Crippen MR) is 57.1 cm³/mol. The van der Waals surface area contributed by atoms with Crippen LogP contribution >= 0.6 is 0 Å². The summed E-state index contributed by atoms with van der Waals surface area (Å²) in [5, 5.41) is 10.9. The van der Waals surface area contributed by atoms with Crippen LogP contribution in [0.1, 0.15) is 24.0 Å². The Kier molecular flexibility index (Phi) is 2.90. The number of isocyanates is 1. The third kappa shape index (κ3) is 2.34. The van der Waals surface area contributed by atoms with E-state index in [2.05, 4.69) is 4.99 Å². The molecule has 1 aliphatic rings. The highest BCUT2D eigenvalue weighted by Crippen LogP contribution is 2.52. The monoisotopic (exact) mass is 272 g/mol. The van der Waals surface area contributed by atoms with Crippen molar-refractivity contribution in [3.05, 3.63) is 39.4 Å². The Balaban J connectivity index is 2.58. The summed E-state index contributed by atoms with van der Waals surface area (Å²) in [4.78, 5) is 23.8. The van der Waals surface area contributed by atoms with Crippen LogP contribution in [0.2, 0.25) is 0 Å². The molecule has 0 atom stereocenters. The Morgan fingerprint density at radius 3 is 2.42 bits per heavy atom. The van der Waals surface area contributed by atoms with E-state index in [9.17, 15) is 28.1 Å². The summed E-state index contributed by atoms with van der Waals surface area (Å²) >= 11 is 0. The molecule has 0 N–H and O–H groups in total. The summed E-state index contributed by atoms with van der Waals surface area (Å²) in [5.74, 6) is 0. The van der Waals surface area contributed by atoms with Crippen LogP contribution in [0.15, 0.2) is 23.2 Å². The van der Waals surface area contributed by atoms with Crippen molar-refractivity contribution in [3.8, 4) is 0 Å². The third-order valence-corrected chi connectivity index (χ3v) is 3.01. The molecular weight excluding hydrogens is 265 g/mol. The smallest absolute Gasteiger partial charge is 0.258 e. The first-order valence-corrected chi connectivity index (χ1v) is 5.25. The van der Waals surface area contributed by atoms with E-state index in [4.69, 9.17) is 0 Å². The number of aliphatic imine (C=N–C) groups is 1. The van der Waals surface area contributed by atoms with Crippen molar-refractivity contribution in [1.82, 2.24) is 0 Å². The van der Waals surface area contributed by atoms with Crippen molar-refractivity contribution in [2.24, 2.45) is 4.99 Å². The second-order valence-corrected chi connectivity index (χ2v) is 4.22. The molecule has 1 saturated carbocycles. The Labute approximate surface area is 104 Å². The molecule has 0 aliphatic heterocycles. The van der Waals surface area contributed by atoms with Gasteiger partial charge in [0.2, 0.25) is 6.08 Å². The molecule has 0 aromatic heterocycles. The summed E-state index contributed by atoms with van der Waals surface area (Å²) in [6, 6.07) is 2.23. The molecule has 5 nitrogen and oxygen atoms in total. The first-order chi connectivity index (χ1) is 8.80. The lowest BCUT2D eigenvalue weighted by atomic mass is 10.0. The average molecular weight is 272 g/mol. The fourth-order valence-corrected chi connectivity index (χ4v) is 1.90. The van der Waals surface area contributed by atoms with Gasteiger partial charge in [-0.15, -0.1) is 0 Å². The second-order valence-electron chi connectivity index (χ2n) is 4.22. The van der Waals surface area contributed by atoms with Gasteiger partial charge < -0.3 is 0 Å². The van der Waals surface area contributed by atoms with Crippen molar-refractivity contribution in [2.75, 3.05) is 0 Å². The minimum atomic E-state index is -4.66. The van der Waals surface area contributed by atoms with Crippen molar-refractivity contribution in [3.63, 3.8) is 0 Å². The molecule has 2 rings (SSSR count). The van der Waals surface area contributed by atoms with Crippen molar-refractivity contribution >= 4 is 11.8 Å². The molecule has 0 heterocycles. The maximum Gasteiger partial charge on any atom is 0.416 e. The highest BCUT2D eigenvalue weighted by molar-refractivity contribution is 5.52. The van der Waals surface area contributed by atoms with Crippen molar-refractivity contribution < 1.29 is 22.9 Å². The number of hydrogen-bond donors (Lipinski definition) is 0. The quantitative estimate of drug-likeness (QED) is 0.367. The first kappa shape index (κ1) is 13.2. The van der Waals surface area contributed by atoms with Crippen molar-refractivity contribution in [2.45, 2.75) is 24.6 Å². The number of nitro benzene ring substituents is 1. The van der Waals surface area contributed by atoms with Gasteiger partial charge in [-0.3, -0.25) is 10.1 Å². The Morgan fingerprint density at radius 2 is 2.00 bits per heavy atom.